The molecule has 0 spiro atoms. The zero-order valence-corrected chi connectivity index (χ0v) is 19.9. The first kappa shape index (κ1) is 25.6. The molecule has 1 saturated heterocycles. The van der Waals surface area contributed by atoms with Crippen molar-refractivity contribution in [1.29, 1.82) is 0 Å². The molecule has 0 saturated carbocycles. The maximum absolute atomic E-state index is 13.2. The monoisotopic (exact) mass is 471 g/mol. The number of halogens is 1. The zero-order chi connectivity index (χ0) is 24.4. The van der Waals surface area contributed by atoms with E-state index in [0.29, 0.717) is 18.7 Å². The van der Waals surface area contributed by atoms with Crippen molar-refractivity contribution in [2.45, 2.75) is 38.3 Å². The van der Waals surface area contributed by atoms with E-state index in [9.17, 15) is 14.0 Å². The largest absolute Gasteiger partial charge is 0.478 e. The van der Waals surface area contributed by atoms with Gasteiger partial charge in [0.25, 0.3) is 5.91 Å². The topological polar surface area (TPSA) is 79.9 Å². The van der Waals surface area contributed by atoms with Gasteiger partial charge in [0.05, 0.1) is 13.2 Å². The molecule has 7 nitrogen and oxygen atoms in total. The van der Waals surface area contributed by atoms with Crippen LogP contribution in [-0.2, 0) is 20.7 Å². The molecule has 1 atom stereocenters. The van der Waals surface area contributed by atoms with Gasteiger partial charge in [-0.2, -0.15) is 0 Å². The first-order valence-corrected chi connectivity index (χ1v) is 11.7. The van der Waals surface area contributed by atoms with E-state index < -0.39 is 17.6 Å². The highest BCUT2D eigenvalue weighted by molar-refractivity contribution is 5.91. The summed E-state index contributed by atoms with van der Waals surface area (Å²) in [6, 6.07) is 14.3. The lowest BCUT2D eigenvalue weighted by molar-refractivity contribution is -0.137. The van der Waals surface area contributed by atoms with Crippen molar-refractivity contribution in [2.24, 2.45) is 0 Å². The number of morpholine rings is 1. The van der Waals surface area contributed by atoms with Gasteiger partial charge >= 0.3 is 0 Å². The highest BCUT2D eigenvalue weighted by Gasteiger charge is 2.33. The molecule has 8 heteroatoms. The summed E-state index contributed by atoms with van der Waals surface area (Å²) in [6.45, 7) is 7.94. The molecule has 2 N–H and O–H groups in total. The molecule has 34 heavy (non-hydrogen) atoms. The molecule has 184 valence electrons. The van der Waals surface area contributed by atoms with Crippen molar-refractivity contribution in [1.82, 2.24) is 15.5 Å². The van der Waals surface area contributed by atoms with Gasteiger partial charge < -0.3 is 20.1 Å². The minimum absolute atomic E-state index is 0.239. The second-order valence-electron chi connectivity index (χ2n) is 8.88. The summed E-state index contributed by atoms with van der Waals surface area (Å²) in [5.74, 6) is -0.686. The normalized spacial score (nSPS) is 15.4. The second-order valence-corrected chi connectivity index (χ2v) is 8.88. The van der Waals surface area contributed by atoms with Crippen molar-refractivity contribution in [3.05, 3.63) is 66.0 Å². The highest BCUT2D eigenvalue weighted by atomic mass is 19.1. The van der Waals surface area contributed by atoms with Crippen molar-refractivity contribution < 1.29 is 23.5 Å². The number of carbonyl (C=O) groups excluding carboxylic acids is 2. The predicted molar refractivity (Wildman–Crippen MR) is 128 cm³/mol. The molecule has 0 radical (unpaired) electrons. The van der Waals surface area contributed by atoms with Gasteiger partial charge in [-0.25, -0.2) is 4.39 Å². The third-order valence-corrected chi connectivity index (χ3v) is 5.69. The first-order valence-electron chi connectivity index (χ1n) is 11.7. The van der Waals surface area contributed by atoms with Crippen LogP contribution in [0.3, 0.4) is 0 Å². The molecule has 2 aromatic rings. The van der Waals surface area contributed by atoms with Crippen LogP contribution in [0.1, 0.15) is 25.8 Å². The Hall–Kier alpha value is -2.97. The Morgan fingerprint density at radius 3 is 2.44 bits per heavy atom. The summed E-state index contributed by atoms with van der Waals surface area (Å²) in [4.78, 5) is 28.4. The quantitative estimate of drug-likeness (QED) is 0.493. The van der Waals surface area contributed by atoms with Gasteiger partial charge in [-0.15, -0.1) is 0 Å². The Morgan fingerprint density at radius 2 is 1.76 bits per heavy atom. The predicted octanol–water partition coefficient (Wildman–Crippen LogP) is 2.55. The van der Waals surface area contributed by atoms with Gasteiger partial charge in [0.15, 0.2) is 5.60 Å². The maximum atomic E-state index is 13.2. The summed E-state index contributed by atoms with van der Waals surface area (Å²) in [6.07, 6.45) is 1.17. The molecule has 2 amide bonds. The number of hydrogen-bond donors (Lipinski definition) is 2. The van der Waals surface area contributed by atoms with Crippen molar-refractivity contribution in [3.8, 4) is 5.75 Å². The van der Waals surface area contributed by atoms with E-state index in [1.165, 1.54) is 24.3 Å². The Kier molecular flexibility index (Phi) is 9.42. The average molecular weight is 472 g/mol. The summed E-state index contributed by atoms with van der Waals surface area (Å²) in [5.41, 5.74) is -0.322. The molecule has 0 unspecified atom stereocenters. The van der Waals surface area contributed by atoms with Gasteiger partial charge in [0.1, 0.15) is 17.6 Å². The maximum Gasteiger partial charge on any atom is 0.264 e. The average Bonchev–Trinajstić information content (AvgIpc) is 2.84. The lowest BCUT2D eigenvalue weighted by atomic mass is 10.0. The number of nitrogens with one attached hydrogen (secondary N) is 2. The van der Waals surface area contributed by atoms with Crippen LogP contribution < -0.4 is 15.4 Å². The van der Waals surface area contributed by atoms with Crippen molar-refractivity contribution in [2.75, 3.05) is 39.4 Å². The molecular weight excluding hydrogens is 437 g/mol. The molecule has 1 aliphatic rings. The Morgan fingerprint density at radius 1 is 1.09 bits per heavy atom. The van der Waals surface area contributed by atoms with E-state index in [0.717, 1.165) is 44.8 Å². The molecule has 3 rings (SSSR count). The van der Waals surface area contributed by atoms with Gasteiger partial charge in [-0.05, 0) is 56.6 Å². The van der Waals surface area contributed by atoms with Gasteiger partial charge in [0, 0.05) is 26.1 Å². The van der Waals surface area contributed by atoms with Crippen LogP contribution in [-0.4, -0.2) is 67.7 Å². The summed E-state index contributed by atoms with van der Waals surface area (Å²) < 4.78 is 24.3. The minimum atomic E-state index is -1.26. The zero-order valence-electron chi connectivity index (χ0n) is 19.9. The molecule has 1 fully saturated rings. The van der Waals surface area contributed by atoms with Gasteiger partial charge in [0.2, 0.25) is 5.91 Å². The molecule has 0 bridgehead atoms. The molecule has 2 aromatic carbocycles. The van der Waals surface area contributed by atoms with Crippen molar-refractivity contribution in [3.63, 3.8) is 0 Å². The van der Waals surface area contributed by atoms with E-state index in [2.05, 4.69) is 15.5 Å². The smallest absolute Gasteiger partial charge is 0.264 e. The number of benzene rings is 2. The van der Waals surface area contributed by atoms with Gasteiger partial charge in [-0.3, -0.25) is 14.5 Å². The molecular formula is C26H34FN3O4. The Bertz CT molecular complexity index is 915. The first-order chi connectivity index (χ1) is 16.3. The lowest BCUT2D eigenvalue weighted by Gasteiger charge is -2.28. The summed E-state index contributed by atoms with van der Waals surface area (Å²) in [5, 5.41) is 5.81. The van der Waals surface area contributed by atoms with Crippen LogP contribution in [0, 0.1) is 5.82 Å². The number of hydrogen-bond acceptors (Lipinski definition) is 5. The highest BCUT2D eigenvalue weighted by Crippen LogP contribution is 2.19. The number of amides is 2. The van der Waals surface area contributed by atoms with E-state index >= 15 is 0 Å². The number of ether oxygens (including phenoxy) is 2. The second kappa shape index (κ2) is 12.5. The summed E-state index contributed by atoms with van der Waals surface area (Å²) >= 11 is 0. The van der Waals surface area contributed by atoms with Crippen LogP contribution in [0.4, 0.5) is 4.39 Å². The standard InChI is InChI=1S/C26H34FN3O4/c1-26(2,34-22-11-9-21(27)10-12-22)25(32)29-23(19-20-7-4-3-5-8-20)24(31)28-13-6-14-30-15-17-33-18-16-30/h3-5,7-12,23H,6,13-19H2,1-2H3,(H,28,31)(H,29,32)/t23-/m0/s1. The minimum Gasteiger partial charge on any atom is -0.478 e. The summed E-state index contributed by atoms with van der Waals surface area (Å²) in [7, 11) is 0. The third-order valence-electron chi connectivity index (χ3n) is 5.69. The molecule has 0 aromatic heterocycles. The number of rotatable bonds is 11. The molecule has 1 heterocycles. The fourth-order valence-electron chi connectivity index (χ4n) is 3.70. The Balaban J connectivity index is 1.58. The Labute approximate surface area is 200 Å². The van der Waals surface area contributed by atoms with Crippen LogP contribution in [0.5, 0.6) is 5.75 Å². The number of nitrogens with zero attached hydrogens (tertiary/aromatic N) is 1. The van der Waals surface area contributed by atoms with Crippen LogP contribution in [0.2, 0.25) is 0 Å². The molecule has 0 aliphatic carbocycles. The van der Waals surface area contributed by atoms with Crippen LogP contribution in [0.25, 0.3) is 0 Å². The van der Waals surface area contributed by atoms with E-state index in [1.54, 1.807) is 13.8 Å². The fourth-order valence-corrected chi connectivity index (χ4v) is 3.70. The lowest BCUT2D eigenvalue weighted by Crippen LogP contribution is -2.55. The van der Waals surface area contributed by atoms with E-state index in [4.69, 9.17) is 9.47 Å². The molecule has 1 aliphatic heterocycles. The fraction of sp³-hybridized carbons (Fsp3) is 0.462. The van der Waals surface area contributed by atoms with Crippen LogP contribution in [0.15, 0.2) is 54.6 Å². The third kappa shape index (κ3) is 8.11. The van der Waals surface area contributed by atoms with E-state index in [-0.39, 0.29) is 11.7 Å². The number of carbonyl (C=O) groups is 2. The van der Waals surface area contributed by atoms with E-state index in [1.807, 2.05) is 30.3 Å². The van der Waals surface area contributed by atoms with Crippen molar-refractivity contribution >= 4 is 11.8 Å². The SMILES string of the molecule is CC(C)(Oc1ccc(F)cc1)C(=O)N[C@@H](Cc1ccccc1)C(=O)NCCCN1CCOCC1. The van der Waals surface area contributed by atoms with Gasteiger partial charge in [-0.1, -0.05) is 30.3 Å². The van der Waals surface area contributed by atoms with Crippen LogP contribution >= 0.6 is 0 Å².